The fraction of sp³-hybridized carbons (Fsp3) is 0.176. The molecule has 3 rings (SSSR count). The quantitative estimate of drug-likeness (QED) is 0.626. The minimum absolute atomic E-state index is 0.117. The molecule has 3 aromatic rings. The van der Waals surface area contributed by atoms with Crippen molar-refractivity contribution in [1.29, 1.82) is 0 Å². The molecule has 0 fully saturated rings. The van der Waals surface area contributed by atoms with Crippen molar-refractivity contribution in [3.63, 3.8) is 0 Å². The van der Waals surface area contributed by atoms with Crippen LogP contribution in [0.1, 0.15) is 18.5 Å². The van der Waals surface area contributed by atoms with E-state index in [-0.39, 0.29) is 17.7 Å². The Morgan fingerprint density at radius 1 is 1.19 bits per heavy atom. The Morgan fingerprint density at radius 3 is 2.69 bits per heavy atom. The molecule has 0 aliphatic heterocycles. The minimum Gasteiger partial charge on any atom is -0.349 e. The fourth-order valence-electron chi connectivity index (χ4n) is 2.29. The second kappa shape index (κ2) is 8.53. The van der Waals surface area contributed by atoms with Crippen molar-refractivity contribution in [2.24, 2.45) is 0 Å². The molecule has 0 aliphatic rings. The van der Waals surface area contributed by atoms with Gasteiger partial charge >= 0.3 is 0 Å². The Labute approximate surface area is 164 Å². The van der Waals surface area contributed by atoms with Crippen molar-refractivity contribution >= 4 is 40.9 Å². The molecular weight excluding hydrogens is 393 g/mol. The number of halogens is 2. The van der Waals surface area contributed by atoms with Crippen molar-refractivity contribution in [3.8, 4) is 5.69 Å². The molecule has 1 heterocycles. The lowest BCUT2D eigenvalue weighted by molar-refractivity contribution is -0.119. The van der Waals surface area contributed by atoms with Gasteiger partial charge in [-0.3, -0.25) is 4.79 Å². The van der Waals surface area contributed by atoms with Crippen LogP contribution < -0.4 is 5.32 Å². The highest BCUT2D eigenvalue weighted by Gasteiger charge is 2.14. The molecule has 26 heavy (non-hydrogen) atoms. The fourth-order valence-corrected chi connectivity index (χ4v) is 3.31. The maximum Gasteiger partial charge on any atom is 0.230 e. The zero-order chi connectivity index (χ0) is 18.5. The maximum absolute atomic E-state index is 12.2. The molecule has 0 bridgehead atoms. The lowest BCUT2D eigenvalue weighted by Gasteiger charge is -2.14. The van der Waals surface area contributed by atoms with Crippen molar-refractivity contribution in [1.82, 2.24) is 25.5 Å². The number of carbonyl (C=O) groups excluding carboxylic acids is 1. The molecule has 1 aromatic heterocycles. The number of nitrogens with zero attached hydrogens (tertiary/aromatic N) is 4. The maximum atomic E-state index is 12.2. The van der Waals surface area contributed by atoms with Gasteiger partial charge in [-0.15, -0.1) is 5.10 Å². The first-order chi connectivity index (χ1) is 12.5. The third-order valence-electron chi connectivity index (χ3n) is 3.57. The van der Waals surface area contributed by atoms with Gasteiger partial charge < -0.3 is 5.32 Å². The number of tetrazole rings is 1. The summed E-state index contributed by atoms with van der Waals surface area (Å²) in [4.78, 5) is 12.2. The van der Waals surface area contributed by atoms with Crippen LogP contribution >= 0.6 is 35.0 Å². The predicted octanol–water partition coefficient (Wildman–Crippen LogP) is 3.94. The number of nitrogens with one attached hydrogen (secondary N) is 1. The zero-order valence-corrected chi connectivity index (χ0v) is 16.1. The van der Waals surface area contributed by atoms with Gasteiger partial charge in [0.05, 0.1) is 17.5 Å². The van der Waals surface area contributed by atoms with E-state index in [4.69, 9.17) is 23.2 Å². The number of carbonyl (C=O) groups is 1. The normalized spacial score (nSPS) is 12.0. The summed E-state index contributed by atoms with van der Waals surface area (Å²) in [6.45, 7) is 1.91. The average molecular weight is 408 g/mol. The van der Waals surface area contributed by atoms with E-state index in [1.807, 2.05) is 37.3 Å². The Morgan fingerprint density at radius 2 is 1.96 bits per heavy atom. The van der Waals surface area contributed by atoms with Crippen molar-refractivity contribution in [2.45, 2.75) is 18.1 Å². The van der Waals surface area contributed by atoms with E-state index in [1.165, 1.54) is 11.8 Å². The van der Waals surface area contributed by atoms with Gasteiger partial charge in [-0.25, -0.2) is 0 Å². The van der Waals surface area contributed by atoms with Crippen LogP contribution in [-0.2, 0) is 4.79 Å². The van der Waals surface area contributed by atoms with Crippen molar-refractivity contribution in [3.05, 3.63) is 64.1 Å². The van der Waals surface area contributed by atoms with Crippen LogP contribution in [-0.4, -0.2) is 31.9 Å². The summed E-state index contributed by atoms with van der Waals surface area (Å²) < 4.78 is 1.56. The summed E-state index contributed by atoms with van der Waals surface area (Å²) in [6, 6.07) is 14.4. The van der Waals surface area contributed by atoms with Crippen LogP contribution in [0.5, 0.6) is 0 Å². The summed E-state index contributed by atoms with van der Waals surface area (Å²) in [5.41, 5.74) is 1.72. The van der Waals surface area contributed by atoms with Crippen LogP contribution in [0.25, 0.3) is 5.69 Å². The molecule has 1 amide bonds. The molecule has 2 aromatic carbocycles. The highest BCUT2D eigenvalue weighted by molar-refractivity contribution is 7.99. The standard InChI is InChI=1S/C17H15Cl2N5OS/c1-11(12-3-2-4-14(19)9-12)20-16(25)10-26-17-21-22-23-24(17)15-7-5-13(18)6-8-15/h2-9,11H,10H2,1H3,(H,20,25)/t11-/m1/s1. The van der Waals surface area contributed by atoms with Crippen molar-refractivity contribution in [2.75, 3.05) is 5.75 Å². The van der Waals surface area contributed by atoms with Gasteiger partial charge in [-0.05, 0) is 59.3 Å². The van der Waals surface area contributed by atoms with Gasteiger partial charge in [0.15, 0.2) is 0 Å². The van der Waals surface area contributed by atoms with Crippen LogP contribution in [0.4, 0.5) is 0 Å². The zero-order valence-electron chi connectivity index (χ0n) is 13.8. The van der Waals surface area contributed by atoms with Crippen molar-refractivity contribution < 1.29 is 4.79 Å². The molecule has 134 valence electrons. The first-order valence-corrected chi connectivity index (χ1v) is 9.49. The highest BCUT2D eigenvalue weighted by atomic mass is 35.5. The molecule has 0 saturated heterocycles. The molecule has 0 aliphatic carbocycles. The Kier molecular flexibility index (Phi) is 6.13. The van der Waals surface area contributed by atoms with E-state index >= 15 is 0 Å². The molecule has 0 spiro atoms. The second-order valence-electron chi connectivity index (χ2n) is 5.48. The SMILES string of the molecule is C[C@@H](NC(=O)CSc1nnnn1-c1ccc(Cl)cc1)c1cccc(Cl)c1. The number of rotatable bonds is 6. The lowest BCUT2D eigenvalue weighted by atomic mass is 10.1. The number of amides is 1. The third kappa shape index (κ3) is 4.75. The molecule has 9 heteroatoms. The van der Waals surface area contributed by atoms with E-state index in [1.54, 1.807) is 22.9 Å². The third-order valence-corrected chi connectivity index (χ3v) is 4.98. The van der Waals surface area contributed by atoms with Gasteiger partial charge in [0.1, 0.15) is 0 Å². The van der Waals surface area contributed by atoms with Gasteiger partial charge in [0, 0.05) is 10.0 Å². The largest absolute Gasteiger partial charge is 0.349 e. The second-order valence-corrected chi connectivity index (χ2v) is 7.30. The van der Waals surface area contributed by atoms with Gasteiger partial charge in [-0.2, -0.15) is 4.68 Å². The smallest absolute Gasteiger partial charge is 0.230 e. The molecule has 0 unspecified atom stereocenters. The van der Waals surface area contributed by atoms with E-state index < -0.39 is 0 Å². The lowest BCUT2D eigenvalue weighted by Crippen LogP contribution is -2.28. The molecule has 6 nitrogen and oxygen atoms in total. The topological polar surface area (TPSA) is 72.7 Å². The summed E-state index contributed by atoms with van der Waals surface area (Å²) >= 11 is 13.1. The Balaban J connectivity index is 1.60. The highest BCUT2D eigenvalue weighted by Crippen LogP contribution is 2.21. The molecule has 0 radical (unpaired) electrons. The Hall–Kier alpha value is -2.09. The first-order valence-electron chi connectivity index (χ1n) is 7.75. The molecule has 0 saturated carbocycles. The summed E-state index contributed by atoms with van der Waals surface area (Å²) in [5.74, 6) is 0.0759. The average Bonchev–Trinajstić information content (AvgIpc) is 3.09. The summed E-state index contributed by atoms with van der Waals surface area (Å²) in [6.07, 6.45) is 0. The van der Waals surface area contributed by atoms with Crippen LogP contribution in [0.2, 0.25) is 10.0 Å². The van der Waals surface area contributed by atoms with Crippen LogP contribution in [0.3, 0.4) is 0 Å². The van der Waals surface area contributed by atoms with E-state index in [2.05, 4.69) is 20.8 Å². The molecule has 1 N–H and O–H groups in total. The minimum atomic E-state index is -0.144. The van der Waals surface area contributed by atoms with E-state index in [0.29, 0.717) is 15.2 Å². The van der Waals surface area contributed by atoms with Gasteiger partial charge in [0.25, 0.3) is 0 Å². The van der Waals surface area contributed by atoms with E-state index in [9.17, 15) is 4.79 Å². The predicted molar refractivity (Wildman–Crippen MR) is 103 cm³/mol. The summed E-state index contributed by atoms with van der Waals surface area (Å²) in [7, 11) is 0. The van der Waals surface area contributed by atoms with Gasteiger partial charge in [-0.1, -0.05) is 47.1 Å². The molecular formula is C17H15Cl2N5OS. The monoisotopic (exact) mass is 407 g/mol. The number of hydrogen-bond acceptors (Lipinski definition) is 5. The number of hydrogen-bond donors (Lipinski definition) is 1. The van der Waals surface area contributed by atoms with Crippen LogP contribution in [0, 0.1) is 0 Å². The number of aromatic nitrogens is 4. The number of thioether (sulfide) groups is 1. The molecule has 1 atom stereocenters. The van der Waals surface area contributed by atoms with E-state index in [0.717, 1.165) is 11.3 Å². The Bertz CT molecular complexity index is 900. The number of benzene rings is 2. The first kappa shape index (κ1) is 18.7. The van der Waals surface area contributed by atoms with Crippen LogP contribution in [0.15, 0.2) is 53.7 Å². The van der Waals surface area contributed by atoms with Gasteiger partial charge in [0.2, 0.25) is 11.1 Å². The summed E-state index contributed by atoms with van der Waals surface area (Å²) in [5, 5.41) is 16.3.